The normalized spacial score (nSPS) is 31.1. The maximum absolute atomic E-state index is 5.01. The largest absolute Gasteiger partial charge is 0.312 e. The summed E-state index contributed by atoms with van der Waals surface area (Å²) in [6.45, 7) is 5.91. The van der Waals surface area contributed by atoms with Crippen molar-refractivity contribution in [3.05, 3.63) is 17.0 Å². The SMILES string of the molecule is CNC(C)c1nn(C2CC2)c2c1CN1CCC2CC1. The van der Waals surface area contributed by atoms with Gasteiger partial charge in [-0.2, -0.15) is 5.10 Å². The van der Waals surface area contributed by atoms with Crippen LogP contribution in [0.15, 0.2) is 0 Å². The van der Waals surface area contributed by atoms with E-state index in [2.05, 4.69) is 21.8 Å². The summed E-state index contributed by atoms with van der Waals surface area (Å²) < 4.78 is 2.41. The van der Waals surface area contributed by atoms with Gasteiger partial charge in [-0.3, -0.25) is 9.58 Å². The van der Waals surface area contributed by atoms with Crippen LogP contribution in [-0.2, 0) is 6.54 Å². The van der Waals surface area contributed by atoms with Gasteiger partial charge in [-0.15, -0.1) is 0 Å². The predicted molar refractivity (Wildman–Crippen MR) is 75.2 cm³/mol. The Balaban J connectivity index is 1.85. The van der Waals surface area contributed by atoms with Gasteiger partial charge in [0.25, 0.3) is 0 Å². The summed E-state index contributed by atoms with van der Waals surface area (Å²) in [4.78, 5) is 2.62. The summed E-state index contributed by atoms with van der Waals surface area (Å²) in [7, 11) is 2.04. The minimum Gasteiger partial charge on any atom is -0.312 e. The van der Waals surface area contributed by atoms with Crippen LogP contribution in [0, 0.1) is 0 Å². The summed E-state index contributed by atoms with van der Waals surface area (Å²) in [6.07, 6.45) is 5.33. The maximum Gasteiger partial charge on any atom is 0.0839 e. The molecule has 4 aliphatic rings. The Labute approximate surface area is 115 Å². The van der Waals surface area contributed by atoms with Gasteiger partial charge < -0.3 is 5.32 Å². The van der Waals surface area contributed by atoms with E-state index in [-0.39, 0.29) is 0 Å². The van der Waals surface area contributed by atoms with Gasteiger partial charge in [0.15, 0.2) is 0 Å². The van der Waals surface area contributed by atoms with Crippen molar-refractivity contribution in [3.63, 3.8) is 0 Å². The van der Waals surface area contributed by atoms with Gasteiger partial charge in [0.05, 0.1) is 11.7 Å². The zero-order valence-corrected chi connectivity index (χ0v) is 12.0. The Morgan fingerprint density at radius 2 is 1.95 bits per heavy atom. The highest BCUT2D eigenvalue weighted by Crippen LogP contribution is 2.44. The summed E-state index contributed by atoms with van der Waals surface area (Å²) >= 11 is 0. The fourth-order valence-electron chi connectivity index (χ4n) is 3.77. The van der Waals surface area contributed by atoms with Crippen molar-refractivity contribution in [2.45, 2.75) is 57.2 Å². The molecule has 0 aromatic carbocycles. The van der Waals surface area contributed by atoms with E-state index >= 15 is 0 Å². The Bertz CT molecular complexity index is 481. The molecule has 0 amide bonds. The van der Waals surface area contributed by atoms with E-state index in [1.165, 1.54) is 44.5 Å². The Morgan fingerprint density at radius 1 is 1.21 bits per heavy atom. The molecule has 1 aromatic heterocycles. The molecule has 1 N–H and O–H groups in total. The summed E-state index contributed by atoms with van der Waals surface area (Å²) in [5.41, 5.74) is 4.46. The number of aromatic nitrogens is 2. The lowest BCUT2D eigenvalue weighted by Gasteiger charge is -2.27. The van der Waals surface area contributed by atoms with Crippen molar-refractivity contribution >= 4 is 0 Å². The molecule has 4 heteroatoms. The molecule has 4 heterocycles. The fraction of sp³-hybridized carbons (Fsp3) is 0.800. The van der Waals surface area contributed by atoms with Crippen molar-refractivity contribution in [2.75, 3.05) is 20.1 Å². The lowest BCUT2D eigenvalue weighted by atomic mass is 9.93. The second-order valence-electron chi connectivity index (χ2n) is 6.49. The van der Waals surface area contributed by atoms with E-state index in [0.29, 0.717) is 12.1 Å². The highest BCUT2D eigenvalue weighted by Gasteiger charge is 2.38. The van der Waals surface area contributed by atoms with Crippen LogP contribution in [0.4, 0.5) is 0 Å². The van der Waals surface area contributed by atoms with E-state index in [4.69, 9.17) is 5.10 Å². The highest BCUT2D eigenvalue weighted by molar-refractivity contribution is 5.34. The number of nitrogens with zero attached hydrogens (tertiary/aromatic N) is 3. The Morgan fingerprint density at radius 3 is 2.58 bits per heavy atom. The van der Waals surface area contributed by atoms with Crippen LogP contribution in [0.3, 0.4) is 0 Å². The maximum atomic E-state index is 5.01. The topological polar surface area (TPSA) is 33.1 Å². The van der Waals surface area contributed by atoms with Crippen LogP contribution in [0.5, 0.6) is 0 Å². The molecule has 2 fully saturated rings. The second kappa shape index (κ2) is 4.32. The quantitative estimate of drug-likeness (QED) is 0.904. The van der Waals surface area contributed by atoms with Gasteiger partial charge >= 0.3 is 0 Å². The van der Waals surface area contributed by atoms with Crippen molar-refractivity contribution in [1.82, 2.24) is 20.0 Å². The van der Waals surface area contributed by atoms with E-state index in [9.17, 15) is 0 Å². The molecule has 3 aliphatic heterocycles. The standard InChI is InChI=1S/C15H24N4/c1-10(16-2)14-13-9-18-7-5-11(6-8-18)15(13)19(17-14)12-3-4-12/h10-12,16H,3-9H2,1-2H3. The van der Waals surface area contributed by atoms with E-state index < -0.39 is 0 Å². The van der Waals surface area contributed by atoms with Crippen LogP contribution in [-0.4, -0.2) is 34.8 Å². The van der Waals surface area contributed by atoms with Gasteiger partial charge in [-0.05, 0) is 52.7 Å². The number of fused-ring (bicyclic) bond motifs is 2. The number of nitrogens with one attached hydrogen (secondary N) is 1. The first kappa shape index (κ1) is 11.9. The number of rotatable bonds is 3. The first-order valence-electron chi connectivity index (χ1n) is 7.78. The lowest BCUT2D eigenvalue weighted by molar-refractivity contribution is 0.217. The number of piperidine rings is 1. The monoisotopic (exact) mass is 260 g/mol. The average molecular weight is 260 g/mol. The van der Waals surface area contributed by atoms with Crippen molar-refractivity contribution in [2.24, 2.45) is 0 Å². The molecule has 1 atom stereocenters. The second-order valence-corrected chi connectivity index (χ2v) is 6.49. The molecule has 4 nitrogen and oxygen atoms in total. The number of hydrogen-bond donors (Lipinski definition) is 1. The van der Waals surface area contributed by atoms with Crippen molar-refractivity contribution < 1.29 is 0 Å². The summed E-state index contributed by atoms with van der Waals surface area (Å²) in [5, 5.41) is 8.39. The molecule has 104 valence electrons. The van der Waals surface area contributed by atoms with Crippen LogP contribution >= 0.6 is 0 Å². The first-order chi connectivity index (χ1) is 9.28. The molecular formula is C15H24N4. The van der Waals surface area contributed by atoms with Crippen molar-refractivity contribution in [1.29, 1.82) is 0 Å². The number of hydrogen-bond acceptors (Lipinski definition) is 3. The molecule has 2 bridgehead atoms. The molecular weight excluding hydrogens is 236 g/mol. The van der Waals surface area contributed by atoms with Crippen LogP contribution < -0.4 is 5.32 Å². The van der Waals surface area contributed by atoms with Gasteiger partial charge in [-0.1, -0.05) is 0 Å². The third-order valence-corrected chi connectivity index (χ3v) is 5.17. The molecule has 0 radical (unpaired) electrons. The zero-order chi connectivity index (χ0) is 13.0. The van der Waals surface area contributed by atoms with Crippen LogP contribution in [0.1, 0.15) is 67.6 Å². The Kier molecular flexibility index (Phi) is 2.71. The van der Waals surface area contributed by atoms with Crippen LogP contribution in [0.2, 0.25) is 0 Å². The van der Waals surface area contributed by atoms with Crippen molar-refractivity contribution in [3.8, 4) is 0 Å². The minimum atomic E-state index is 0.368. The van der Waals surface area contributed by atoms with Gasteiger partial charge in [0, 0.05) is 29.8 Å². The highest BCUT2D eigenvalue weighted by atomic mass is 15.3. The van der Waals surface area contributed by atoms with Crippen LogP contribution in [0.25, 0.3) is 0 Å². The van der Waals surface area contributed by atoms with Gasteiger partial charge in [0.2, 0.25) is 0 Å². The lowest BCUT2D eigenvalue weighted by Crippen LogP contribution is -2.29. The average Bonchev–Trinajstić information content (AvgIpc) is 3.25. The molecule has 1 saturated heterocycles. The molecule has 0 spiro atoms. The molecule has 1 aromatic rings. The molecule has 1 saturated carbocycles. The van der Waals surface area contributed by atoms with E-state index in [1.54, 1.807) is 11.3 Å². The predicted octanol–water partition coefficient (Wildman–Crippen LogP) is 2.19. The fourth-order valence-corrected chi connectivity index (χ4v) is 3.77. The molecule has 1 unspecified atom stereocenters. The zero-order valence-electron chi connectivity index (χ0n) is 12.0. The molecule has 1 aliphatic carbocycles. The minimum absolute atomic E-state index is 0.368. The Hall–Kier alpha value is -0.870. The van der Waals surface area contributed by atoms with E-state index in [0.717, 1.165) is 12.5 Å². The third-order valence-electron chi connectivity index (χ3n) is 5.17. The first-order valence-corrected chi connectivity index (χ1v) is 7.78. The van der Waals surface area contributed by atoms with Gasteiger partial charge in [0.1, 0.15) is 0 Å². The molecule has 19 heavy (non-hydrogen) atoms. The molecule has 5 rings (SSSR count). The third kappa shape index (κ3) is 1.84. The van der Waals surface area contributed by atoms with E-state index in [1.807, 2.05) is 7.05 Å². The smallest absolute Gasteiger partial charge is 0.0839 e. The summed E-state index contributed by atoms with van der Waals surface area (Å²) in [6, 6.07) is 1.08. The van der Waals surface area contributed by atoms with Gasteiger partial charge in [-0.25, -0.2) is 0 Å². The summed E-state index contributed by atoms with van der Waals surface area (Å²) in [5.74, 6) is 0.764.